The predicted molar refractivity (Wildman–Crippen MR) is 68.2 cm³/mol. The third-order valence-corrected chi connectivity index (χ3v) is 3.32. The summed E-state index contributed by atoms with van der Waals surface area (Å²) >= 11 is 0. The Hall–Kier alpha value is -1.13. The van der Waals surface area contributed by atoms with Crippen LogP contribution in [-0.4, -0.2) is 26.9 Å². The molecule has 1 aromatic rings. The predicted octanol–water partition coefficient (Wildman–Crippen LogP) is 2.35. The fourth-order valence-electron chi connectivity index (χ4n) is 2.19. The van der Waals surface area contributed by atoms with Crippen LogP contribution in [0.25, 0.3) is 0 Å². The quantitative estimate of drug-likeness (QED) is 0.873. The van der Waals surface area contributed by atoms with Gasteiger partial charge in [0.05, 0.1) is 7.11 Å². The molecule has 0 radical (unpaired) electrons. The number of methoxy groups -OCH3 is 1. The maximum atomic E-state index is 13.5. The molecule has 1 fully saturated rings. The molecule has 1 N–H and O–H groups in total. The van der Waals surface area contributed by atoms with Gasteiger partial charge in [0.15, 0.2) is 11.6 Å². The minimum Gasteiger partial charge on any atom is -0.494 e. The van der Waals surface area contributed by atoms with Gasteiger partial charge in [-0.2, -0.15) is 0 Å². The minimum absolute atomic E-state index is 0.295. The molecule has 0 saturated carbocycles. The van der Waals surface area contributed by atoms with Crippen molar-refractivity contribution < 1.29 is 13.9 Å². The van der Waals surface area contributed by atoms with Crippen LogP contribution in [0.1, 0.15) is 18.4 Å². The number of nitrogens with one attached hydrogen (secondary N) is 1. The van der Waals surface area contributed by atoms with Crippen molar-refractivity contribution in [1.29, 1.82) is 0 Å². The van der Waals surface area contributed by atoms with Crippen LogP contribution in [-0.2, 0) is 11.3 Å². The zero-order valence-corrected chi connectivity index (χ0v) is 10.7. The van der Waals surface area contributed by atoms with Crippen LogP contribution in [0.4, 0.5) is 4.39 Å². The smallest absolute Gasteiger partial charge is 0.165 e. The zero-order chi connectivity index (χ0) is 12.8. The van der Waals surface area contributed by atoms with Crippen molar-refractivity contribution in [1.82, 2.24) is 5.32 Å². The van der Waals surface area contributed by atoms with E-state index in [9.17, 15) is 4.39 Å². The molecule has 0 aromatic heterocycles. The lowest BCUT2D eigenvalue weighted by Crippen LogP contribution is -2.27. The Morgan fingerprint density at radius 2 is 2.17 bits per heavy atom. The Morgan fingerprint density at radius 3 is 2.83 bits per heavy atom. The number of rotatable bonds is 5. The third kappa shape index (κ3) is 3.68. The number of benzene rings is 1. The fraction of sp³-hybridized carbons (Fsp3) is 0.571. The van der Waals surface area contributed by atoms with Crippen LogP contribution in [0.2, 0.25) is 0 Å². The molecule has 0 atom stereocenters. The fourth-order valence-corrected chi connectivity index (χ4v) is 2.19. The molecule has 0 unspecified atom stereocenters. The molecule has 1 aliphatic rings. The topological polar surface area (TPSA) is 30.5 Å². The van der Waals surface area contributed by atoms with Gasteiger partial charge in [0.1, 0.15) is 0 Å². The zero-order valence-electron chi connectivity index (χ0n) is 10.7. The normalized spacial score (nSPS) is 16.8. The number of ether oxygens (including phenoxy) is 2. The summed E-state index contributed by atoms with van der Waals surface area (Å²) in [4.78, 5) is 0. The van der Waals surface area contributed by atoms with E-state index in [0.717, 1.165) is 38.2 Å². The molecule has 0 amide bonds. The summed E-state index contributed by atoms with van der Waals surface area (Å²) in [5.74, 6) is 0.674. The van der Waals surface area contributed by atoms with Crippen molar-refractivity contribution >= 4 is 0 Å². The van der Waals surface area contributed by atoms with Crippen molar-refractivity contribution in [3.63, 3.8) is 0 Å². The van der Waals surface area contributed by atoms with Crippen LogP contribution in [0, 0.1) is 11.7 Å². The van der Waals surface area contributed by atoms with Gasteiger partial charge in [-0.3, -0.25) is 0 Å². The summed E-state index contributed by atoms with van der Waals surface area (Å²) in [6, 6.07) is 5.08. The highest BCUT2D eigenvalue weighted by atomic mass is 19.1. The molecule has 18 heavy (non-hydrogen) atoms. The molecule has 0 bridgehead atoms. The molecule has 1 heterocycles. The number of hydrogen-bond donors (Lipinski definition) is 1. The van der Waals surface area contributed by atoms with Crippen molar-refractivity contribution in [2.45, 2.75) is 19.4 Å². The first-order valence-electron chi connectivity index (χ1n) is 6.40. The molecule has 0 aliphatic carbocycles. The second-order valence-electron chi connectivity index (χ2n) is 4.66. The lowest BCUT2D eigenvalue weighted by Gasteiger charge is -2.22. The molecule has 3 nitrogen and oxygen atoms in total. The van der Waals surface area contributed by atoms with E-state index < -0.39 is 0 Å². The van der Waals surface area contributed by atoms with Gasteiger partial charge in [0.25, 0.3) is 0 Å². The monoisotopic (exact) mass is 253 g/mol. The molecule has 1 aromatic carbocycles. The van der Waals surface area contributed by atoms with Gasteiger partial charge in [-0.25, -0.2) is 4.39 Å². The summed E-state index contributed by atoms with van der Waals surface area (Å²) in [6.07, 6.45) is 2.23. The van der Waals surface area contributed by atoms with Crippen LogP contribution in [0.5, 0.6) is 5.75 Å². The standard InChI is InChI=1S/C14H20FNO2/c1-17-14-3-2-12(8-13(14)15)10-16-9-11-4-6-18-7-5-11/h2-3,8,11,16H,4-7,9-10H2,1H3. The summed E-state index contributed by atoms with van der Waals surface area (Å²) in [6.45, 7) is 3.39. The average molecular weight is 253 g/mol. The number of halogens is 1. The van der Waals surface area contributed by atoms with E-state index in [1.807, 2.05) is 6.07 Å². The molecule has 0 spiro atoms. The SMILES string of the molecule is COc1ccc(CNCC2CCOCC2)cc1F. The summed E-state index contributed by atoms with van der Waals surface area (Å²) in [7, 11) is 1.47. The van der Waals surface area contributed by atoms with Gasteiger partial charge < -0.3 is 14.8 Å². The Balaban J connectivity index is 1.77. The second-order valence-corrected chi connectivity index (χ2v) is 4.66. The largest absolute Gasteiger partial charge is 0.494 e. The second kappa shape index (κ2) is 6.71. The van der Waals surface area contributed by atoms with Crippen molar-refractivity contribution in [2.75, 3.05) is 26.9 Å². The highest BCUT2D eigenvalue weighted by molar-refractivity contribution is 5.29. The van der Waals surface area contributed by atoms with E-state index in [1.165, 1.54) is 13.2 Å². The van der Waals surface area contributed by atoms with Gasteiger partial charge >= 0.3 is 0 Å². The Labute approximate surface area is 107 Å². The van der Waals surface area contributed by atoms with E-state index in [2.05, 4.69) is 5.32 Å². The first-order valence-corrected chi connectivity index (χ1v) is 6.40. The van der Waals surface area contributed by atoms with Gasteiger partial charge in [-0.1, -0.05) is 6.07 Å². The van der Waals surface area contributed by atoms with E-state index in [0.29, 0.717) is 18.2 Å². The minimum atomic E-state index is -0.303. The first-order chi connectivity index (χ1) is 8.79. The Morgan fingerprint density at radius 1 is 1.39 bits per heavy atom. The van der Waals surface area contributed by atoms with Gasteiger partial charge in [-0.05, 0) is 43.0 Å². The average Bonchev–Trinajstić information content (AvgIpc) is 2.40. The lowest BCUT2D eigenvalue weighted by atomic mass is 10.0. The highest BCUT2D eigenvalue weighted by Gasteiger charge is 2.13. The summed E-state index contributed by atoms with van der Waals surface area (Å²) in [5, 5.41) is 3.37. The van der Waals surface area contributed by atoms with E-state index in [4.69, 9.17) is 9.47 Å². The molecule has 100 valence electrons. The van der Waals surface area contributed by atoms with E-state index in [-0.39, 0.29) is 5.82 Å². The molecule has 2 rings (SSSR count). The van der Waals surface area contributed by atoms with Gasteiger partial charge in [0, 0.05) is 19.8 Å². The molecular formula is C14H20FNO2. The number of hydrogen-bond acceptors (Lipinski definition) is 3. The maximum absolute atomic E-state index is 13.5. The van der Waals surface area contributed by atoms with Crippen molar-refractivity contribution in [3.05, 3.63) is 29.6 Å². The van der Waals surface area contributed by atoms with Crippen LogP contribution >= 0.6 is 0 Å². The highest BCUT2D eigenvalue weighted by Crippen LogP contribution is 2.18. The van der Waals surface area contributed by atoms with Crippen molar-refractivity contribution in [3.8, 4) is 5.75 Å². The molecule has 1 saturated heterocycles. The van der Waals surface area contributed by atoms with Crippen LogP contribution in [0.15, 0.2) is 18.2 Å². The summed E-state index contributed by atoms with van der Waals surface area (Å²) < 4.78 is 23.7. The Kier molecular flexibility index (Phi) is 4.96. The first kappa shape index (κ1) is 13.3. The maximum Gasteiger partial charge on any atom is 0.165 e. The van der Waals surface area contributed by atoms with Gasteiger partial charge in [-0.15, -0.1) is 0 Å². The summed E-state index contributed by atoms with van der Waals surface area (Å²) in [5.41, 5.74) is 0.945. The third-order valence-electron chi connectivity index (χ3n) is 3.32. The van der Waals surface area contributed by atoms with E-state index in [1.54, 1.807) is 6.07 Å². The van der Waals surface area contributed by atoms with Crippen molar-refractivity contribution in [2.24, 2.45) is 5.92 Å². The van der Waals surface area contributed by atoms with Crippen LogP contribution < -0.4 is 10.1 Å². The molecule has 1 aliphatic heterocycles. The Bertz CT molecular complexity index is 378. The molecule has 4 heteroatoms. The van der Waals surface area contributed by atoms with Gasteiger partial charge in [0.2, 0.25) is 0 Å². The lowest BCUT2D eigenvalue weighted by molar-refractivity contribution is 0.0662. The molecular weight excluding hydrogens is 233 g/mol. The van der Waals surface area contributed by atoms with E-state index >= 15 is 0 Å². The van der Waals surface area contributed by atoms with Crippen LogP contribution in [0.3, 0.4) is 0 Å².